The van der Waals surface area contributed by atoms with Gasteiger partial charge in [0.2, 0.25) is 0 Å². The molecule has 1 N–H and O–H groups in total. The molecule has 0 fully saturated rings. The third kappa shape index (κ3) is 1.85. The molecule has 1 aromatic carbocycles. The van der Waals surface area contributed by atoms with Crippen LogP contribution in [0.4, 0.5) is 0 Å². The van der Waals surface area contributed by atoms with Crippen LogP contribution in [0.1, 0.15) is 25.2 Å². The number of rotatable bonds is 2. The first kappa shape index (κ1) is 10.8. The summed E-state index contributed by atoms with van der Waals surface area (Å²) in [5.74, 6) is 0.525. The van der Waals surface area contributed by atoms with Crippen LogP contribution >= 0.6 is 23.2 Å². The van der Waals surface area contributed by atoms with E-state index >= 15 is 0 Å². The Morgan fingerprint density at radius 1 is 1.40 bits per heavy atom. The Labute approximate surface area is 97.4 Å². The molecular weight excluding hydrogens is 235 g/mol. The van der Waals surface area contributed by atoms with Gasteiger partial charge in [0.1, 0.15) is 16.9 Å². The van der Waals surface area contributed by atoms with Crippen LogP contribution < -0.4 is 0 Å². The van der Waals surface area contributed by atoms with E-state index in [1.165, 1.54) is 0 Å². The molecule has 0 spiro atoms. The highest BCUT2D eigenvalue weighted by molar-refractivity contribution is 6.44. The SMILES string of the molecule is CCC(O)c1cc2ccc(Cl)c(Cl)c2o1. The van der Waals surface area contributed by atoms with Gasteiger partial charge in [-0.15, -0.1) is 0 Å². The second-order valence-electron chi connectivity index (χ2n) is 3.35. The maximum absolute atomic E-state index is 9.62. The van der Waals surface area contributed by atoms with Gasteiger partial charge in [-0.25, -0.2) is 0 Å². The summed E-state index contributed by atoms with van der Waals surface area (Å²) >= 11 is 11.8. The minimum atomic E-state index is -0.591. The Kier molecular flexibility index (Phi) is 2.91. The number of hydrogen-bond donors (Lipinski definition) is 1. The van der Waals surface area contributed by atoms with Crippen LogP contribution in [0.25, 0.3) is 11.0 Å². The van der Waals surface area contributed by atoms with E-state index in [0.717, 1.165) is 5.39 Å². The Balaban J connectivity index is 2.61. The zero-order valence-corrected chi connectivity index (χ0v) is 9.64. The highest BCUT2D eigenvalue weighted by Crippen LogP contribution is 2.34. The minimum absolute atomic E-state index is 0.392. The summed E-state index contributed by atoms with van der Waals surface area (Å²) in [6, 6.07) is 5.31. The van der Waals surface area contributed by atoms with Crippen molar-refractivity contribution in [2.24, 2.45) is 0 Å². The Hall–Kier alpha value is -0.700. The molecule has 2 nitrogen and oxygen atoms in total. The highest BCUT2D eigenvalue weighted by atomic mass is 35.5. The number of halogens is 2. The van der Waals surface area contributed by atoms with E-state index < -0.39 is 6.10 Å². The van der Waals surface area contributed by atoms with Crippen molar-refractivity contribution in [1.29, 1.82) is 0 Å². The van der Waals surface area contributed by atoms with Crippen molar-refractivity contribution in [3.8, 4) is 0 Å². The van der Waals surface area contributed by atoms with Crippen molar-refractivity contribution in [1.82, 2.24) is 0 Å². The van der Waals surface area contributed by atoms with Gasteiger partial charge in [0.25, 0.3) is 0 Å². The van der Waals surface area contributed by atoms with Crippen LogP contribution in [0.3, 0.4) is 0 Å². The van der Waals surface area contributed by atoms with Gasteiger partial charge < -0.3 is 9.52 Å². The van der Waals surface area contributed by atoms with Crippen LogP contribution in [-0.2, 0) is 0 Å². The number of aliphatic hydroxyl groups is 1. The lowest BCUT2D eigenvalue weighted by Crippen LogP contribution is -1.90. The monoisotopic (exact) mass is 244 g/mol. The molecule has 2 aromatic rings. The van der Waals surface area contributed by atoms with Gasteiger partial charge in [0.15, 0.2) is 5.58 Å². The molecule has 0 amide bonds. The lowest BCUT2D eigenvalue weighted by atomic mass is 10.2. The fourth-order valence-electron chi connectivity index (χ4n) is 1.43. The number of fused-ring (bicyclic) bond motifs is 1. The van der Waals surface area contributed by atoms with E-state index in [9.17, 15) is 5.11 Å². The first-order valence-electron chi connectivity index (χ1n) is 4.69. The summed E-state index contributed by atoms with van der Waals surface area (Å²) in [5.41, 5.74) is 0.534. The van der Waals surface area contributed by atoms with Gasteiger partial charge in [0.05, 0.1) is 5.02 Å². The minimum Gasteiger partial charge on any atom is -0.457 e. The molecule has 0 aliphatic rings. The topological polar surface area (TPSA) is 33.4 Å². The first-order valence-corrected chi connectivity index (χ1v) is 5.44. The van der Waals surface area contributed by atoms with Gasteiger partial charge in [-0.05, 0) is 24.6 Å². The highest BCUT2D eigenvalue weighted by Gasteiger charge is 2.14. The molecule has 1 unspecified atom stereocenters. The van der Waals surface area contributed by atoms with E-state index in [0.29, 0.717) is 27.8 Å². The summed E-state index contributed by atoms with van der Waals surface area (Å²) in [7, 11) is 0. The zero-order valence-electron chi connectivity index (χ0n) is 8.13. The normalized spacial score (nSPS) is 13.3. The fraction of sp³-hybridized carbons (Fsp3) is 0.273. The predicted molar refractivity (Wildman–Crippen MR) is 61.5 cm³/mol. The van der Waals surface area contributed by atoms with E-state index in [1.54, 1.807) is 12.1 Å². The van der Waals surface area contributed by atoms with Gasteiger partial charge in [-0.3, -0.25) is 0 Å². The Morgan fingerprint density at radius 2 is 2.13 bits per heavy atom. The Morgan fingerprint density at radius 3 is 2.80 bits per heavy atom. The molecule has 1 heterocycles. The fourth-order valence-corrected chi connectivity index (χ4v) is 1.79. The number of aliphatic hydroxyl groups excluding tert-OH is 1. The van der Waals surface area contributed by atoms with Crippen molar-refractivity contribution in [3.05, 3.63) is 34.0 Å². The molecule has 15 heavy (non-hydrogen) atoms. The van der Waals surface area contributed by atoms with E-state index in [2.05, 4.69) is 0 Å². The van der Waals surface area contributed by atoms with Gasteiger partial charge in [0, 0.05) is 5.39 Å². The largest absolute Gasteiger partial charge is 0.457 e. The summed E-state index contributed by atoms with van der Waals surface area (Å²) in [5, 5.41) is 11.3. The lowest BCUT2D eigenvalue weighted by molar-refractivity contribution is 0.148. The summed E-state index contributed by atoms with van der Waals surface area (Å²) in [6.45, 7) is 1.88. The summed E-state index contributed by atoms with van der Waals surface area (Å²) in [4.78, 5) is 0. The van der Waals surface area contributed by atoms with E-state index in [4.69, 9.17) is 27.6 Å². The number of furan rings is 1. The number of hydrogen-bond acceptors (Lipinski definition) is 2. The van der Waals surface area contributed by atoms with Crippen LogP contribution in [0.5, 0.6) is 0 Å². The van der Waals surface area contributed by atoms with Crippen LogP contribution in [0.2, 0.25) is 10.0 Å². The van der Waals surface area contributed by atoms with Gasteiger partial charge in [-0.2, -0.15) is 0 Å². The maximum Gasteiger partial charge on any atom is 0.154 e. The average molecular weight is 245 g/mol. The average Bonchev–Trinajstić information content (AvgIpc) is 2.67. The van der Waals surface area contributed by atoms with Crippen LogP contribution in [0, 0.1) is 0 Å². The number of benzene rings is 1. The molecule has 1 aromatic heterocycles. The van der Waals surface area contributed by atoms with E-state index in [1.807, 2.05) is 13.0 Å². The van der Waals surface area contributed by atoms with Crippen molar-refractivity contribution in [2.75, 3.05) is 0 Å². The quantitative estimate of drug-likeness (QED) is 0.860. The second-order valence-corrected chi connectivity index (χ2v) is 4.14. The smallest absolute Gasteiger partial charge is 0.154 e. The molecule has 4 heteroatoms. The molecule has 80 valence electrons. The molecule has 0 bridgehead atoms. The molecule has 1 atom stereocenters. The first-order chi connectivity index (χ1) is 7.13. The third-order valence-electron chi connectivity index (χ3n) is 2.31. The third-order valence-corrected chi connectivity index (χ3v) is 3.10. The molecule has 0 aliphatic heterocycles. The van der Waals surface area contributed by atoms with Crippen molar-refractivity contribution < 1.29 is 9.52 Å². The van der Waals surface area contributed by atoms with Crippen LogP contribution in [-0.4, -0.2) is 5.11 Å². The standard InChI is InChI=1S/C11H10Cl2O2/c1-2-8(14)9-5-6-3-4-7(12)10(13)11(6)15-9/h3-5,8,14H,2H2,1H3. The summed E-state index contributed by atoms with van der Waals surface area (Å²) in [6.07, 6.45) is 0.0118. The molecular formula is C11H10Cl2O2. The van der Waals surface area contributed by atoms with Crippen molar-refractivity contribution in [3.63, 3.8) is 0 Å². The maximum atomic E-state index is 9.62. The van der Waals surface area contributed by atoms with Crippen LogP contribution in [0.15, 0.2) is 22.6 Å². The summed E-state index contributed by atoms with van der Waals surface area (Å²) < 4.78 is 5.47. The molecule has 0 saturated carbocycles. The predicted octanol–water partition coefficient (Wildman–Crippen LogP) is 4.18. The van der Waals surface area contributed by atoms with Crippen molar-refractivity contribution >= 4 is 34.2 Å². The molecule has 0 radical (unpaired) electrons. The molecule has 0 aliphatic carbocycles. The Bertz CT molecular complexity index is 491. The van der Waals surface area contributed by atoms with Gasteiger partial charge in [-0.1, -0.05) is 30.1 Å². The zero-order chi connectivity index (χ0) is 11.0. The molecule has 2 rings (SSSR count). The second kappa shape index (κ2) is 4.05. The molecule has 0 saturated heterocycles. The van der Waals surface area contributed by atoms with E-state index in [-0.39, 0.29) is 0 Å². The van der Waals surface area contributed by atoms with Crippen molar-refractivity contribution in [2.45, 2.75) is 19.4 Å². The van der Waals surface area contributed by atoms with Gasteiger partial charge >= 0.3 is 0 Å². The lowest BCUT2D eigenvalue weighted by Gasteiger charge is -2.01.